The van der Waals surface area contributed by atoms with Crippen LogP contribution in [0, 0.1) is 6.92 Å². The molecule has 2 heterocycles. The Morgan fingerprint density at radius 3 is 2.81 bits per heavy atom. The molecule has 0 spiro atoms. The van der Waals surface area contributed by atoms with Gasteiger partial charge in [0.15, 0.2) is 11.8 Å². The molecule has 8 heteroatoms. The van der Waals surface area contributed by atoms with Gasteiger partial charge in [-0.15, -0.1) is 24.0 Å². The summed E-state index contributed by atoms with van der Waals surface area (Å²) < 4.78 is 5.68. The van der Waals surface area contributed by atoms with Crippen molar-refractivity contribution < 1.29 is 4.42 Å². The third-order valence-corrected chi connectivity index (χ3v) is 3.92. The SMILES string of the molecule is CCNC(=NCc1cccc(-c2ncn[nH]2)c1)NC(C)c1ccc(C)o1.I. The maximum atomic E-state index is 5.68. The number of nitrogens with zero attached hydrogens (tertiary/aromatic N) is 3. The van der Waals surface area contributed by atoms with Crippen LogP contribution in [-0.4, -0.2) is 27.7 Å². The molecule has 0 saturated heterocycles. The van der Waals surface area contributed by atoms with Crippen LogP contribution < -0.4 is 10.6 Å². The van der Waals surface area contributed by atoms with Gasteiger partial charge in [-0.1, -0.05) is 18.2 Å². The van der Waals surface area contributed by atoms with Crippen molar-refractivity contribution in [1.29, 1.82) is 0 Å². The quantitative estimate of drug-likeness (QED) is 0.284. The molecule has 0 aliphatic heterocycles. The average Bonchev–Trinajstić information content (AvgIpc) is 3.32. The van der Waals surface area contributed by atoms with Crippen LogP contribution in [0.1, 0.15) is 37.0 Å². The molecular weight excluding hydrogens is 455 g/mol. The molecule has 0 radical (unpaired) electrons. The Kier molecular flexibility index (Phi) is 7.83. The summed E-state index contributed by atoms with van der Waals surface area (Å²) in [4.78, 5) is 8.87. The minimum atomic E-state index is 0. The smallest absolute Gasteiger partial charge is 0.192 e. The lowest BCUT2D eigenvalue weighted by molar-refractivity contribution is 0.441. The van der Waals surface area contributed by atoms with E-state index in [1.165, 1.54) is 6.33 Å². The van der Waals surface area contributed by atoms with Gasteiger partial charge in [0.2, 0.25) is 0 Å². The van der Waals surface area contributed by atoms with Crippen molar-refractivity contribution in [1.82, 2.24) is 25.8 Å². The zero-order chi connectivity index (χ0) is 18.4. The number of rotatable bonds is 6. The minimum Gasteiger partial charge on any atom is -0.464 e. The maximum absolute atomic E-state index is 5.68. The highest BCUT2D eigenvalue weighted by Gasteiger charge is 2.11. The summed E-state index contributed by atoms with van der Waals surface area (Å²) >= 11 is 0. The van der Waals surface area contributed by atoms with Gasteiger partial charge in [0.25, 0.3) is 0 Å². The number of aromatic amines is 1. The molecule has 144 valence electrons. The van der Waals surface area contributed by atoms with Gasteiger partial charge in [0.05, 0.1) is 12.6 Å². The Bertz CT molecular complexity index is 859. The second-order valence-electron chi connectivity index (χ2n) is 6.04. The van der Waals surface area contributed by atoms with Crippen LogP contribution in [0.5, 0.6) is 0 Å². The van der Waals surface area contributed by atoms with Gasteiger partial charge in [0.1, 0.15) is 17.8 Å². The van der Waals surface area contributed by atoms with Crippen molar-refractivity contribution >= 4 is 29.9 Å². The second kappa shape index (κ2) is 10.1. The molecule has 3 rings (SSSR count). The topological polar surface area (TPSA) is 91.1 Å². The second-order valence-corrected chi connectivity index (χ2v) is 6.04. The molecule has 27 heavy (non-hydrogen) atoms. The third kappa shape index (κ3) is 5.81. The lowest BCUT2D eigenvalue weighted by Gasteiger charge is -2.16. The first-order chi connectivity index (χ1) is 12.7. The number of furan rings is 1. The fourth-order valence-electron chi connectivity index (χ4n) is 2.61. The number of benzene rings is 1. The summed E-state index contributed by atoms with van der Waals surface area (Å²) in [6, 6.07) is 12.1. The average molecular weight is 480 g/mol. The highest BCUT2D eigenvalue weighted by molar-refractivity contribution is 14.0. The molecule has 2 aromatic heterocycles. The van der Waals surface area contributed by atoms with Crippen molar-refractivity contribution in [2.75, 3.05) is 6.54 Å². The van der Waals surface area contributed by atoms with Gasteiger partial charge >= 0.3 is 0 Å². The monoisotopic (exact) mass is 480 g/mol. The molecule has 3 N–H and O–H groups in total. The van der Waals surface area contributed by atoms with E-state index in [0.717, 1.165) is 41.0 Å². The molecular formula is C19H25IN6O. The van der Waals surface area contributed by atoms with Crippen LogP contribution in [0.3, 0.4) is 0 Å². The molecule has 0 bridgehead atoms. The molecule has 3 aromatic rings. The van der Waals surface area contributed by atoms with Crippen molar-refractivity contribution in [3.05, 3.63) is 59.8 Å². The lowest BCUT2D eigenvalue weighted by Crippen LogP contribution is -2.38. The van der Waals surface area contributed by atoms with Crippen molar-refractivity contribution in [2.45, 2.75) is 33.4 Å². The van der Waals surface area contributed by atoms with E-state index in [-0.39, 0.29) is 30.0 Å². The number of hydrogen-bond donors (Lipinski definition) is 3. The molecule has 1 atom stereocenters. The normalized spacial score (nSPS) is 12.3. The summed E-state index contributed by atoms with van der Waals surface area (Å²) in [6.45, 7) is 7.38. The predicted molar refractivity (Wildman–Crippen MR) is 117 cm³/mol. The van der Waals surface area contributed by atoms with Crippen LogP contribution in [0.4, 0.5) is 0 Å². The van der Waals surface area contributed by atoms with E-state index in [2.05, 4.69) is 43.8 Å². The van der Waals surface area contributed by atoms with E-state index in [4.69, 9.17) is 4.42 Å². The van der Waals surface area contributed by atoms with Gasteiger partial charge in [-0.3, -0.25) is 5.10 Å². The van der Waals surface area contributed by atoms with Crippen molar-refractivity contribution in [3.63, 3.8) is 0 Å². The van der Waals surface area contributed by atoms with Crippen LogP contribution in [0.2, 0.25) is 0 Å². The van der Waals surface area contributed by atoms with E-state index >= 15 is 0 Å². The Morgan fingerprint density at radius 2 is 2.15 bits per heavy atom. The first-order valence-electron chi connectivity index (χ1n) is 8.71. The number of aryl methyl sites for hydroxylation is 1. The van der Waals surface area contributed by atoms with Gasteiger partial charge in [0, 0.05) is 12.1 Å². The Hall–Kier alpha value is -2.36. The van der Waals surface area contributed by atoms with Crippen LogP contribution in [0.25, 0.3) is 11.4 Å². The zero-order valence-electron chi connectivity index (χ0n) is 15.7. The number of aromatic nitrogens is 3. The molecule has 1 unspecified atom stereocenters. The standard InChI is InChI=1S/C19H24N6O.HI/c1-4-20-19(24-14(3)17-9-8-13(2)26-17)21-11-15-6-5-7-16(10-15)18-22-12-23-25-18;/h5-10,12,14H,4,11H2,1-3H3,(H2,20,21,24)(H,22,23,25);1H. The molecule has 0 saturated carbocycles. The molecule has 0 aliphatic carbocycles. The number of H-pyrrole nitrogens is 1. The summed E-state index contributed by atoms with van der Waals surface area (Å²) in [5.74, 6) is 3.29. The van der Waals surface area contributed by atoms with E-state index in [1.807, 2.05) is 44.2 Å². The number of aliphatic imine (C=N–C) groups is 1. The number of guanidine groups is 1. The summed E-state index contributed by atoms with van der Waals surface area (Å²) in [6.07, 6.45) is 1.51. The highest BCUT2D eigenvalue weighted by Crippen LogP contribution is 2.17. The number of halogens is 1. The van der Waals surface area contributed by atoms with E-state index in [0.29, 0.717) is 6.54 Å². The lowest BCUT2D eigenvalue weighted by atomic mass is 10.1. The zero-order valence-corrected chi connectivity index (χ0v) is 18.0. The summed E-state index contributed by atoms with van der Waals surface area (Å²) in [7, 11) is 0. The Balaban J connectivity index is 0.00000261. The van der Waals surface area contributed by atoms with E-state index < -0.39 is 0 Å². The molecule has 0 fully saturated rings. The van der Waals surface area contributed by atoms with Crippen LogP contribution in [-0.2, 0) is 6.54 Å². The van der Waals surface area contributed by atoms with Crippen LogP contribution in [0.15, 0.2) is 52.1 Å². The van der Waals surface area contributed by atoms with Gasteiger partial charge in [-0.05, 0) is 44.5 Å². The first-order valence-corrected chi connectivity index (χ1v) is 8.71. The van der Waals surface area contributed by atoms with E-state index in [1.54, 1.807) is 0 Å². The minimum absolute atomic E-state index is 0. The fraction of sp³-hybridized carbons (Fsp3) is 0.316. The molecule has 1 aromatic carbocycles. The molecule has 0 amide bonds. The number of hydrogen-bond acceptors (Lipinski definition) is 4. The Morgan fingerprint density at radius 1 is 1.30 bits per heavy atom. The maximum Gasteiger partial charge on any atom is 0.192 e. The van der Waals surface area contributed by atoms with Gasteiger partial charge in [-0.25, -0.2) is 9.98 Å². The van der Waals surface area contributed by atoms with Crippen molar-refractivity contribution in [3.8, 4) is 11.4 Å². The predicted octanol–water partition coefficient (Wildman–Crippen LogP) is 3.81. The summed E-state index contributed by atoms with van der Waals surface area (Å²) in [5.41, 5.74) is 2.09. The van der Waals surface area contributed by atoms with Gasteiger partial charge < -0.3 is 15.1 Å². The van der Waals surface area contributed by atoms with Gasteiger partial charge in [-0.2, -0.15) is 5.10 Å². The molecule has 0 aliphatic rings. The van der Waals surface area contributed by atoms with Crippen LogP contribution >= 0.6 is 24.0 Å². The van der Waals surface area contributed by atoms with E-state index in [9.17, 15) is 0 Å². The third-order valence-electron chi connectivity index (χ3n) is 3.92. The van der Waals surface area contributed by atoms with Crippen molar-refractivity contribution in [2.24, 2.45) is 4.99 Å². The summed E-state index contributed by atoms with van der Waals surface area (Å²) in [5, 5.41) is 13.4. The number of nitrogens with one attached hydrogen (secondary N) is 3. The molecule has 7 nitrogen and oxygen atoms in total. The highest BCUT2D eigenvalue weighted by atomic mass is 127. The Labute approximate surface area is 176 Å². The fourth-order valence-corrected chi connectivity index (χ4v) is 2.61. The largest absolute Gasteiger partial charge is 0.464 e. The first kappa shape index (κ1) is 20.9.